The predicted octanol–water partition coefficient (Wildman–Crippen LogP) is 4.97. The number of thiophene rings is 2. The van der Waals surface area contributed by atoms with Gasteiger partial charge in [-0.2, -0.15) is 0 Å². The molecule has 6 nitrogen and oxygen atoms in total. The van der Waals surface area contributed by atoms with E-state index in [2.05, 4.69) is 66.1 Å². The molecule has 5 rings (SSSR count). The number of hydrogen-bond donors (Lipinski definition) is 2. The lowest BCUT2D eigenvalue weighted by atomic mass is 9.79. The molecule has 172 valence electrons. The van der Waals surface area contributed by atoms with Crippen LogP contribution in [0.15, 0.2) is 22.9 Å². The number of hydrogen-bond acceptors (Lipinski definition) is 8. The van der Waals surface area contributed by atoms with E-state index in [9.17, 15) is 0 Å². The van der Waals surface area contributed by atoms with Gasteiger partial charge < -0.3 is 15.4 Å². The van der Waals surface area contributed by atoms with Gasteiger partial charge in [-0.15, -0.1) is 22.7 Å². The normalized spacial score (nSPS) is 21.8. The van der Waals surface area contributed by atoms with E-state index in [0.29, 0.717) is 6.04 Å². The van der Waals surface area contributed by atoms with Gasteiger partial charge >= 0.3 is 0 Å². The molecule has 0 spiro atoms. The minimum atomic E-state index is 0.0768. The number of nitrogens with one attached hydrogen (secondary N) is 2. The lowest BCUT2D eigenvalue weighted by molar-refractivity contribution is 0.0331. The minimum absolute atomic E-state index is 0.0768. The van der Waals surface area contributed by atoms with Crippen LogP contribution < -0.4 is 10.6 Å². The van der Waals surface area contributed by atoms with Crippen molar-refractivity contribution >= 4 is 38.7 Å². The van der Waals surface area contributed by atoms with Gasteiger partial charge in [0.25, 0.3) is 0 Å². The first kappa shape index (κ1) is 22.2. The lowest BCUT2D eigenvalue weighted by Crippen LogP contribution is -2.60. The van der Waals surface area contributed by atoms with Crippen LogP contribution in [0.1, 0.15) is 46.4 Å². The summed E-state index contributed by atoms with van der Waals surface area (Å²) in [5.41, 5.74) is 1.40. The third kappa shape index (κ3) is 4.84. The average molecular weight is 472 g/mol. The van der Waals surface area contributed by atoms with E-state index in [1.807, 2.05) is 0 Å². The molecule has 2 saturated heterocycles. The van der Waals surface area contributed by atoms with E-state index in [4.69, 9.17) is 14.7 Å². The van der Waals surface area contributed by atoms with Gasteiger partial charge in [0.1, 0.15) is 16.5 Å². The number of aromatic nitrogens is 2. The molecule has 2 aliphatic rings. The van der Waals surface area contributed by atoms with Crippen LogP contribution in [0.2, 0.25) is 0 Å². The van der Waals surface area contributed by atoms with Gasteiger partial charge in [0.15, 0.2) is 0 Å². The summed E-state index contributed by atoms with van der Waals surface area (Å²) in [6.07, 6.45) is 2.11. The summed E-state index contributed by atoms with van der Waals surface area (Å²) in [5, 5.41) is 13.2. The Labute approximate surface area is 198 Å². The third-order valence-electron chi connectivity index (χ3n) is 6.27. The van der Waals surface area contributed by atoms with Gasteiger partial charge in [-0.1, -0.05) is 6.07 Å². The molecule has 0 atom stereocenters. The molecule has 0 aromatic carbocycles. The SMILES string of the molecule is CC1(C)CC(Nc2nc(CN3CCOCC3)nc3scc(-c4cccs4)c23)CC(C)(C)N1. The molecule has 0 amide bonds. The van der Waals surface area contributed by atoms with Crippen molar-refractivity contribution < 1.29 is 4.74 Å². The molecular weight excluding hydrogens is 438 g/mol. The summed E-state index contributed by atoms with van der Waals surface area (Å²) in [7, 11) is 0. The fourth-order valence-corrected chi connectivity index (χ4v) is 7.13. The van der Waals surface area contributed by atoms with Crippen LogP contribution >= 0.6 is 22.7 Å². The maximum absolute atomic E-state index is 5.52. The van der Waals surface area contributed by atoms with Crippen molar-refractivity contribution in [1.29, 1.82) is 0 Å². The van der Waals surface area contributed by atoms with Crippen molar-refractivity contribution in [3.8, 4) is 10.4 Å². The fourth-order valence-electron chi connectivity index (χ4n) is 5.35. The second kappa shape index (κ2) is 8.65. The van der Waals surface area contributed by atoms with E-state index in [1.165, 1.54) is 10.4 Å². The highest BCUT2D eigenvalue weighted by molar-refractivity contribution is 7.18. The topological polar surface area (TPSA) is 62.3 Å². The number of ether oxygens (including phenoxy) is 1. The number of piperidine rings is 1. The van der Waals surface area contributed by atoms with Crippen LogP contribution in [0.3, 0.4) is 0 Å². The Morgan fingerprint density at radius 2 is 1.88 bits per heavy atom. The number of anilines is 1. The zero-order chi connectivity index (χ0) is 22.3. The van der Waals surface area contributed by atoms with Gasteiger partial charge in [0, 0.05) is 46.0 Å². The Hall–Kier alpha value is -1.58. The molecular formula is C24H33N5OS2. The van der Waals surface area contributed by atoms with Crippen molar-refractivity contribution in [2.45, 2.75) is 64.2 Å². The monoisotopic (exact) mass is 471 g/mol. The molecule has 2 aliphatic heterocycles. The van der Waals surface area contributed by atoms with Crippen molar-refractivity contribution in [3.63, 3.8) is 0 Å². The van der Waals surface area contributed by atoms with Gasteiger partial charge in [0.2, 0.25) is 0 Å². The molecule has 0 saturated carbocycles. The third-order valence-corrected chi connectivity index (χ3v) is 8.04. The first-order valence-corrected chi connectivity index (χ1v) is 13.2. The smallest absolute Gasteiger partial charge is 0.146 e. The molecule has 5 heterocycles. The molecule has 2 N–H and O–H groups in total. The highest BCUT2D eigenvalue weighted by Crippen LogP contribution is 2.40. The summed E-state index contributed by atoms with van der Waals surface area (Å²) in [4.78, 5) is 14.8. The number of morpholine rings is 1. The molecule has 3 aromatic rings. The van der Waals surface area contributed by atoms with Gasteiger partial charge in [0.05, 0.1) is 25.1 Å². The highest BCUT2D eigenvalue weighted by Gasteiger charge is 2.38. The molecule has 0 unspecified atom stereocenters. The molecule has 8 heteroatoms. The number of rotatable bonds is 5. The first-order valence-electron chi connectivity index (χ1n) is 11.5. The second-order valence-electron chi connectivity index (χ2n) is 10.3. The van der Waals surface area contributed by atoms with Crippen LogP contribution in [0.25, 0.3) is 20.7 Å². The standard InChI is InChI=1S/C24H33N5OS2/c1-23(2)12-16(13-24(3,4)28-23)25-21-20-17(18-6-5-11-31-18)15-32-22(20)27-19(26-21)14-29-7-9-30-10-8-29/h5-6,11,15-16,28H,7-10,12-14H2,1-4H3,(H,25,26,27). The zero-order valence-electron chi connectivity index (χ0n) is 19.4. The van der Waals surface area contributed by atoms with E-state index in [-0.39, 0.29) is 11.1 Å². The fraction of sp³-hybridized carbons (Fsp3) is 0.583. The summed E-state index contributed by atoms with van der Waals surface area (Å²) in [6, 6.07) is 4.66. The van der Waals surface area contributed by atoms with Gasteiger partial charge in [-0.05, 0) is 52.0 Å². The first-order chi connectivity index (χ1) is 15.3. The van der Waals surface area contributed by atoms with E-state index < -0.39 is 0 Å². The Bertz CT molecular complexity index is 1050. The quantitative estimate of drug-likeness (QED) is 0.548. The lowest BCUT2D eigenvalue weighted by Gasteiger charge is -2.46. The Morgan fingerprint density at radius 1 is 1.12 bits per heavy atom. The highest BCUT2D eigenvalue weighted by atomic mass is 32.1. The summed E-state index contributed by atoms with van der Waals surface area (Å²) >= 11 is 3.50. The van der Waals surface area contributed by atoms with Crippen molar-refractivity contribution in [2.75, 3.05) is 31.6 Å². The summed E-state index contributed by atoms with van der Waals surface area (Å²) in [5.74, 6) is 1.88. The van der Waals surface area contributed by atoms with Crippen LogP contribution in [0.5, 0.6) is 0 Å². The largest absolute Gasteiger partial charge is 0.379 e. The number of nitrogens with zero attached hydrogens (tertiary/aromatic N) is 3. The maximum atomic E-state index is 5.52. The second-order valence-corrected chi connectivity index (χ2v) is 12.1. The van der Waals surface area contributed by atoms with Crippen LogP contribution in [-0.4, -0.2) is 58.3 Å². The summed E-state index contributed by atoms with van der Waals surface area (Å²) < 4.78 is 5.52. The molecule has 2 fully saturated rings. The molecule has 32 heavy (non-hydrogen) atoms. The van der Waals surface area contributed by atoms with Crippen LogP contribution in [0.4, 0.5) is 5.82 Å². The van der Waals surface area contributed by atoms with Crippen molar-refractivity contribution in [3.05, 3.63) is 28.7 Å². The zero-order valence-corrected chi connectivity index (χ0v) is 21.0. The maximum Gasteiger partial charge on any atom is 0.146 e. The van der Waals surface area contributed by atoms with Crippen molar-refractivity contribution in [1.82, 2.24) is 20.2 Å². The van der Waals surface area contributed by atoms with E-state index in [1.54, 1.807) is 22.7 Å². The molecule has 0 bridgehead atoms. The van der Waals surface area contributed by atoms with E-state index >= 15 is 0 Å². The molecule has 3 aromatic heterocycles. The Balaban J connectivity index is 1.52. The van der Waals surface area contributed by atoms with Crippen molar-refractivity contribution in [2.24, 2.45) is 0 Å². The summed E-state index contributed by atoms with van der Waals surface area (Å²) in [6.45, 7) is 13.4. The van der Waals surface area contributed by atoms with E-state index in [0.717, 1.165) is 67.5 Å². The van der Waals surface area contributed by atoms with Crippen LogP contribution in [-0.2, 0) is 11.3 Å². The average Bonchev–Trinajstić information content (AvgIpc) is 3.35. The van der Waals surface area contributed by atoms with Crippen LogP contribution in [0, 0.1) is 0 Å². The molecule has 0 aliphatic carbocycles. The van der Waals surface area contributed by atoms with Gasteiger partial charge in [-0.3, -0.25) is 4.90 Å². The Kier molecular flexibility index (Phi) is 6.01. The molecule has 0 radical (unpaired) electrons. The minimum Gasteiger partial charge on any atom is -0.379 e. The van der Waals surface area contributed by atoms with Gasteiger partial charge in [-0.25, -0.2) is 9.97 Å². The number of fused-ring (bicyclic) bond motifs is 1. The predicted molar refractivity (Wildman–Crippen MR) is 135 cm³/mol. The Morgan fingerprint density at radius 3 is 2.56 bits per heavy atom.